The molecule has 0 radical (unpaired) electrons. The van der Waals surface area contributed by atoms with E-state index in [1.165, 1.54) is 18.5 Å². The highest BCUT2D eigenvalue weighted by atomic mass is 35.5. The van der Waals surface area contributed by atoms with E-state index in [-0.39, 0.29) is 12.1 Å². The minimum atomic E-state index is -0.611. The molecule has 1 N–H and O–H groups in total. The van der Waals surface area contributed by atoms with E-state index < -0.39 is 11.7 Å². The van der Waals surface area contributed by atoms with Crippen molar-refractivity contribution in [3.63, 3.8) is 0 Å². The summed E-state index contributed by atoms with van der Waals surface area (Å²) in [6.07, 6.45) is 2.94. The molecule has 0 saturated carbocycles. The van der Waals surface area contributed by atoms with Crippen LogP contribution in [0.1, 0.15) is 16.1 Å². The van der Waals surface area contributed by atoms with Crippen LogP contribution in [0, 0.1) is 5.82 Å². The molecule has 1 heterocycles. The van der Waals surface area contributed by atoms with Crippen molar-refractivity contribution in [2.24, 2.45) is 0 Å². The summed E-state index contributed by atoms with van der Waals surface area (Å²) in [5.74, 6) is -1.15. The first-order chi connectivity index (χ1) is 8.66. The molecule has 0 aliphatic carbocycles. The van der Waals surface area contributed by atoms with Crippen LogP contribution in [-0.2, 0) is 6.54 Å². The molecular weight excluding hydrogens is 257 g/mol. The summed E-state index contributed by atoms with van der Waals surface area (Å²) in [6, 6.07) is 5.49. The molecule has 0 aliphatic rings. The molecule has 2 rings (SSSR count). The fourth-order valence-electron chi connectivity index (χ4n) is 1.36. The maximum absolute atomic E-state index is 13.4. The maximum Gasteiger partial charge on any atom is 0.254 e. The fraction of sp³-hybridized carbons (Fsp3) is 0.0833. The Kier molecular flexibility index (Phi) is 3.84. The predicted molar refractivity (Wildman–Crippen MR) is 64.6 cm³/mol. The Morgan fingerprint density at radius 2 is 2.22 bits per heavy atom. The summed E-state index contributed by atoms with van der Waals surface area (Å²) in [7, 11) is 0. The lowest BCUT2D eigenvalue weighted by molar-refractivity contribution is 0.0946. The van der Waals surface area contributed by atoms with Crippen molar-refractivity contribution >= 4 is 17.5 Å². The Morgan fingerprint density at radius 1 is 1.39 bits per heavy atom. The maximum atomic E-state index is 13.4. The van der Waals surface area contributed by atoms with Gasteiger partial charge in [-0.2, -0.15) is 0 Å². The Morgan fingerprint density at radius 3 is 2.94 bits per heavy atom. The Hall–Kier alpha value is -2.01. The topological polar surface area (TPSA) is 54.9 Å². The highest BCUT2D eigenvalue weighted by Gasteiger charge is 2.11. The van der Waals surface area contributed by atoms with E-state index in [0.717, 1.165) is 6.07 Å². The molecule has 0 bridgehead atoms. The molecule has 0 fully saturated rings. The highest BCUT2D eigenvalue weighted by molar-refractivity contribution is 6.30. The van der Waals surface area contributed by atoms with Crippen LogP contribution in [-0.4, -0.2) is 15.9 Å². The number of nitrogens with zero attached hydrogens (tertiary/aromatic N) is 2. The van der Waals surface area contributed by atoms with Crippen molar-refractivity contribution in [1.29, 1.82) is 0 Å². The number of hydrogen-bond acceptors (Lipinski definition) is 3. The molecule has 0 unspecified atom stereocenters. The Labute approximate surface area is 108 Å². The van der Waals surface area contributed by atoms with Crippen LogP contribution < -0.4 is 5.32 Å². The van der Waals surface area contributed by atoms with Gasteiger partial charge in [0.25, 0.3) is 5.91 Å². The lowest BCUT2D eigenvalue weighted by Gasteiger charge is -2.05. The normalized spacial score (nSPS) is 10.1. The third-order valence-corrected chi connectivity index (χ3v) is 2.48. The van der Waals surface area contributed by atoms with Crippen molar-refractivity contribution in [2.45, 2.75) is 6.54 Å². The van der Waals surface area contributed by atoms with Crippen LogP contribution in [0.3, 0.4) is 0 Å². The summed E-state index contributed by atoms with van der Waals surface area (Å²) in [5, 5.41) is 2.86. The van der Waals surface area contributed by atoms with E-state index in [1.54, 1.807) is 12.3 Å². The summed E-state index contributed by atoms with van der Waals surface area (Å²) in [5.41, 5.74) is 0.553. The summed E-state index contributed by atoms with van der Waals surface area (Å²) < 4.78 is 13.4. The first-order valence-corrected chi connectivity index (χ1v) is 5.53. The van der Waals surface area contributed by atoms with E-state index in [2.05, 4.69) is 15.3 Å². The van der Waals surface area contributed by atoms with Crippen LogP contribution in [0.5, 0.6) is 0 Å². The second kappa shape index (κ2) is 5.55. The molecule has 1 amide bonds. The molecule has 0 spiro atoms. The molecule has 92 valence electrons. The molecule has 6 heteroatoms. The molecule has 2 aromatic rings. The van der Waals surface area contributed by atoms with Gasteiger partial charge in [-0.1, -0.05) is 11.6 Å². The van der Waals surface area contributed by atoms with Gasteiger partial charge in [-0.3, -0.25) is 4.79 Å². The summed E-state index contributed by atoms with van der Waals surface area (Å²) in [6.45, 7) is 0.202. The third-order valence-electron chi connectivity index (χ3n) is 2.25. The van der Waals surface area contributed by atoms with Crippen molar-refractivity contribution in [3.05, 3.63) is 58.9 Å². The first-order valence-electron chi connectivity index (χ1n) is 5.15. The monoisotopic (exact) mass is 265 g/mol. The zero-order valence-corrected chi connectivity index (χ0v) is 9.99. The van der Waals surface area contributed by atoms with Gasteiger partial charge in [0.2, 0.25) is 0 Å². The standard InChI is InChI=1S/C12H9ClFN3O/c13-8-1-2-11(14)10(5-8)12(18)16-6-9-3-4-15-7-17-9/h1-5,7H,6H2,(H,16,18). The van der Waals surface area contributed by atoms with Gasteiger partial charge in [0.05, 0.1) is 17.8 Å². The first kappa shape index (κ1) is 12.4. The Bertz CT molecular complexity index is 563. The van der Waals surface area contributed by atoms with Gasteiger partial charge in [-0.25, -0.2) is 14.4 Å². The van der Waals surface area contributed by atoms with Crippen LogP contribution in [0.4, 0.5) is 4.39 Å². The Balaban J connectivity index is 2.06. The smallest absolute Gasteiger partial charge is 0.254 e. The van der Waals surface area contributed by atoms with Gasteiger partial charge in [0.15, 0.2) is 0 Å². The van der Waals surface area contributed by atoms with Gasteiger partial charge >= 0.3 is 0 Å². The second-order valence-electron chi connectivity index (χ2n) is 3.51. The van der Waals surface area contributed by atoms with Crippen LogP contribution >= 0.6 is 11.6 Å². The number of halogens is 2. The van der Waals surface area contributed by atoms with Crippen molar-refractivity contribution in [1.82, 2.24) is 15.3 Å². The number of benzene rings is 1. The quantitative estimate of drug-likeness (QED) is 0.926. The molecule has 0 aliphatic heterocycles. The lowest BCUT2D eigenvalue weighted by Crippen LogP contribution is -2.24. The van der Waals surface area contributed by atoms with E-state index in [0.29, 0.717) is 10.7 Å². The van der Waals surface area contributed by atoms with Gasteiger partial charge in [0.1, 0.15) is 12.1 Å². The summed E-state index contributed by atoms with van der Waals surface area (Å²) in [4.78, 5) is 19.4. The number of rotatable bonds is 3. The van der Waals surface area contributed by atoms with Gasteiger partial charge in [0, 0.05) is 11.2 Å². The van der Waals surface area contributed by atoms with Gasteiger partial charge < -0.3 is 5.32 Å². The van der Waals surface area contributed by atoms with Crippen molar-refractivity contribution < 1.29 is 9.18 Å². The number of carbonyl (C=O) groups is 1. The predicted octanol–water partition coefficient (Wildman–Crippen LogP) is 2.20. The van der Waals surface area contributed by atoms with Crippen LogP contribution in [0.25, 0.3) is 0 Å². The second-order valence-corrected chi connectivity index (χ2v) is 3.94. The van der Waals surface area contributed by atoms with Crippen LogP contribution in [0.2, 0.25) is 5.02 Å². The molecule has 1 aromatic carbocycles. The minimum Gasteiger partial charge on any atom is -0.346 e. The van der Waals surface area contributed by atoms with Crippen LogP contribution in [0.15, 0.2) is 36.8 Å². The SMILES string of the molecule is O=C(NCc1ccncn1)c1cc(Cl)ccc1F. The largest absolute Gasteiger partial charge is 0.346 e. The number of hydrogen-bond donors (Lipinski definition) is 1. The molecule has 1 aromatic heterocycles. The molecular formula is C12H9ClFN3O. The van der Waals surface area contributed by atoms with Gasteiger partial charge in [-0.15, -0.1) is 0 Å². The molecule has 0 atom stereocenters. The fourth-order valence-corrected chi connectivity index (χ4v) is 1.53. The van der Waals surface area contributed by atoms with E-state index in [4.69, 9.17) is 11.6 Å². The van der Waals surface area contributed by atoms with Crippen molar-refractivity contribution in [3.8, 4) is 0 Å². The molecule has 4 nitrogen and oxygen atoms in total. The molecule has 18 heavy (non-hydrogen) atoms. The molecule has 0 saturated heterocycles. The number of carbonyl (C=O) groups excluding carboxylic acids is 1. The number of nitrogens with one attached hydrogen (secondary N) is 1. The number of aromatic nitrogens is 2. The van der Waals surface area contributed by atoms with E-state index in [1.807, 2.05) is 0 Å². The third kappa shape index (κ3) is 3.01. The van der Waals surface area contributed by atoms with E-state index in [9.17, 15) is 9.18 Å². The zero-order chi connectivity index (χ0) is 13.0. The van der Waals surface area contributed by atoms with Crippen molar-refractivity contribution in [2.75, 3.05) is 0 Å². The number of amides is 1. The van der Waals surface area contributed by atoms with E-state index >= 15 is 0 Å². The zero-order valence-electron chi connectivity index (χ0n) is 9.23. The summed E-state index contributed by atoms with van der Waals surface area (Å²) >= 11 is 5.71. The average molecular weight is 266 g/mol. The lowest BCUT2D eigenvalue weighted by atomic mass is 10.2. The highest BCUT2D eigenvalue weighted by Crippen LogP contribution is 2.14. The average Bonchev–Trinajstić information content (AvgIpc) is 2.40. The van der Waals surface area contributed by atoms with Gasteiger partial charge in [-0.05, 0) is 24.3 Å². The minimum absolute atomic E-state index is 0.0865.